The van der Waals surface area contributed by atoms with Crippen molar-refractivity contribution in [1.29, 1.82) is 0 Å². The third-order valence-electron chi connectivity index (χ3n) is 5.53. The summed E-state index contributed by atoms with van der Waals surface area (Å²) in [7, 11) is 3.76. The Morgan fingerprint density at radius 1 is 1.30 bits per heavy atom. The van der Waals surface area contributed by atoms with Crippen LogP contribution in [0.3, 0.4) is 0 Å². The number of aromatic nitrogens is 4. The van der Waals surface area contributed by atoms with Crippen LogP contribution in [0.2, 0.25) is 0 Å². The zero-order valence-corrected chi connectivity index (χ0v) is 15.9. The van der Waals surface area contributed by atoms with Crippen LogP contribution in [0, 0.1) is 0 Å². The summed E-state index contributed by atoms with van der Waals surface area (Å²) in [5, 5.41) is 3.92. The van der Waals surface area contributed by atoms with Crippen molar-refractivity contribution in [1.82, 2.24) is 24.6 Å². The van der Waals surface area contributed by atoms with Crippen molar-refractivity contribution in [2.45, 2.75) is 50.6 Å². The molecule has 2 fully saturated rings. The summed E-state index contributed by atoms with van der Waals surface area (Å²) in [5.74, 6) is 2.43. The van der Waals surface area contributed by atoms with E-state index >= 15 is 0 Å². The van der Waals surface area contributed by atoms with E-state index in [0.717, 1.165) is 37.6 Å². The van der Waals surface area contributed by atoms with Gasteiger partial charge < -0.3 is 4.90 Å². The van der Waals surface area contributed by atoms with Gasteiger partial charge in [-0.1, -0.05) is 0 Å². The maximum absolute atomic E-state index is 13.2. The fourth-order valence-corrected chi connectivity index (χ4v) is 3.88. The summed E-state index contributed by atoms with van der Waals surface area (Å²) in [6.07, 6.45) is 5.50. The molecular formula is C19H26F2N6. The molecule has 1 atom stereocenters. The first-order chi connectivity index (χ1) is 13.0. The molecule has 0 radical (unpaired) electrons. The molecule has 0 bridgehead atoms. The molecule has 0 spiro atoms. The molecule has 0 aromatic carbocycles. The number of hydrogen-bond donors (Lipinski definition) is 0. The molecule has 2 aromatic heterocycles. The lowest BCUT2D eigenvalue weighted by Crippen LogP contribution is -2.46. The first kappa shape index (κ1) is 18.3. The molecule has 2 aliphatic rings. The Hall–Kier alpha value is -2.09. The number of rotatable bonds is 6. The van der Waals surface area contributed by atoms with E-state index < -0.39 is 6.43 Å². The number of aryl methyl sites for hydroxylation is 1. The summed E-state index contributed by atoms with van der Waals surface area (Å²) in [6.45, 7) is 2.25. The molecule has 146 valence electrons. The Morgan fingerprint density at radius 3 is 2.85 bits per heavy atom. The lowest BCUT2D eigenvalue weighted by atomic mass is 10.0. The van der Waals surface area contributed by atoms with E-state index in [-0.39, 0.29) is 5.69 Å². The van der Waals surface area contributed by atoms with Crippen LogP contribution in [0.1, 0.15) is 55.1 Å². The zero-order chi connectivity index (χ0) is 19.0. The van der Waals surface area contributed by atoms with Crippen molar-refractivity contribution in [3.63, 3.8) is 0 Å². The van der Waals surface area contributed by atoms with Crippen molar-refractivity contribution < 1.29 is 8.78 Å². The van der Waals surface area contributed by atoms with Crippen LogP contribution in [0.15, 0.2) is 18.5 Å². The van der Waals surface area contributed by atoms with Crippen LogP contribution in [0.4, 0.5) is 14.6 Å². The minimum Gasteiger partial charge on any atom is -0.355 e. The van der Waals surface area contributed by atoms with Crippen molar-refractivity contribution in [3.8, 4) is 0 Å². The third kappa shape index (κ3) is 4.10. The number of likely N-dealkylation sites (tertiary alicyclic amines) is 1. The van der Waals surface area contributed by atoms with Crippen LogP contribution < -0.4 is 4.90 Å². The number of likely N-dealkylation sites (N-methyl/N-ethyl adjacent to an activating group) is 1. The largest absolute Gasteiger partial charge is 0.355 e. The Labute approximate surface area is 158 Å². The summed E-state index contributed by atoms with van der Waals surface area (Å²) in [5.41, 5.74) is 0.520. The Bertz CT molecular complexity index is 788. The predicted molar refractivity (Wildman–Crippen MR) is 98.9 cm³/mol. The van der Waals surface area contributed by atoms with E-state index in [0.29, 0.717) is 24.1 Å². The summed E-state index contributed by atoms with van der Waals surface area (Å²) >= 11 is 0. The molecule has 1 aliphatic heterocycles. The topological polar surface area (TPSA) is 50.1 Å². The normalized spacial score (nSPS) is 21.0. The highest BCUT2D eigenvalue weighted by atomic mass is 19.3. The average Bonchev–Trinajstić information content (AvgIpc) is 3.45. The van der Waals surface area contributed by atoms with Crippen LogP contribution in [-0.2, 0) is 13.6 Å². The summed E-state index contributed by atoms with van der Waals surface area (Å²) in [4.78, 5) is 13.6. The minimum atomic E-state index is -2.54. The molecule has 1 saturated carbocycles. The molecule has 6 nitrogen and oxygen atoms in total. The highest BCUT2D eigenvalue weighted by Gasteiger charge is 2.29. The van der Waals surface area contributed by atoms with Gasteiger partial charge in [0.2, 0.25) is 0 Å². The number of piperidine rings is 1. The quantitative estimate of drug-likeness (QED) is 0.775. The van der Waals surface area contributed by atoms with Gasteiger partial charge in [0.05, 0.1) is 0 Å². The molecule has 27 heavy (non-hydrogen) atoms. The molecule has 1 aliphatic carbocycles. The van der Waals surface area contributed by atoms with Crippen molar-refractivity contribution >= 4 is 5.82 Å². The second-order valence-corrected chi connectivity index (χ2v) is 7.70. The van der Waals surface area contributed by atoms with Crippen LogP contribution in [0.25, 0.3) is 0 Å². The van der Waals surface area contributed by atoms with E-state index in [1.807, 2.05) is 12.3 Å². The summed E-state index contributed by atoms with van der Waals surface area (Å²) < 4.78 is 27.9. The van der Waals surface area contributed by atoms with Gasteiger partial charge in [-0.3, -0.25) is 9.58 Å². The number of alkyl halides is 2. The van der Waals surface area contributed by atoms with Gasteiger partial charge in [0.25, 0.3) is 6.43 Å². The second-order valence-electron chi connectivity index (χ2n) is 7.70. The summed E-state index contributed by atoms with van der Waals surface area (Å²) in [6, 6.07) is 2.27. The molecule has 1 saturated heterocycles. The smallest absolute Gasteiger partial charge is 0.282 e. The van der Waals surface area contributed by atoms with Crippen molar-refractivity contribution in [2.75, 3.05) is 25.0 Å². The SMILES string of the molecule is CN(c1ccnc(C2CC2)n1)C1CCCN(Cc2cn(C)nc2C(F)F)C1. The zero-order valence-electron chi connectivity index (χ0n) is 15.9. The van der Waals surface area contributed by atoms with E-state index in [1.165, 1.54) is 17.5 Å². The van der Waals surface area contributed by atoms with E-state index in [9.17, 15) is 8.78 Å². The van der Waals surface area contributed by atoms with Gasteiger partial charge in [-0.15, -0.1) is 0 Å². The average molecular weight is 376 g/mol. The first-order valence-corrected chi connectivity index (χ1v) is 9.60. The molecule has 4 rings (SSSR count). The van der Waals surface area contributed by atoms with Crippen molar-refractivity contribution in [2.24, 2.45) is 7.05 Å². The predicted octanol–water partition coefficient (Wildman–Crippen LogP) is 3.13. The molecule has 8 heteroatoms. The Balaban J connectivity index is 1.44. The fraction of sp³-hybridized carbons (Fsp3) is 0.632. The van der Waals surface area contributed by atoms with Gasteiger partial charge >= 0.3 is 0 Å². The van der Waals surface area contributed by atoms with E-state index in [4.69, 9.17) is 4.98 Å². The van der Waals surface area contributed by atoms with Gasteiger partial charge in [-0.25, -0.2) is 18.7 Å². The monoisotopic (exact) mass is 376 g/mol. The maximum Gasteiger partial charge on any atom is 0.282 e. The van der Waals surface area contributed by atoms with Crippen molar-refractivity contribution in [3.05, 3.63) is 35.5 Å². The first-order valence-electron chi connectivity index (χ1n) is 9.60. The van der Waals surface area contributed by atoms with Crippen LogP contribution >= 0.6 is 0 Å². The van der Waals surface area contributed by atoms with E-state index in [2.05, 4.69) is 26.9 Å². The van der Waals surface area contributed by atoms with Gasteiger partial charge in [0, 0.05) is 57.1 Å². The van der Waals surface area contributed by atoms with Gasteiger partial charge in [0.15, 0.2) is 0 Å². The fourth-order valence-electron chi connectivity index (χ4n) is 3.88. The lowest BCUT2D eigenvalue weighted by molar-refractivity contribution is 0.140. The molecule has 0 amide bonds. The highest BCUT2D eigenvalue weighted by molar-refractivity contribution is 5.38. The molecular weight excluding hydrogens is 350 g/mol. The second kappa shape index (κ2) is 7.50. The highest BCUT2D eigenvalue weighted by Crippen LogP contribution is 2.38. The van der Waals surface area contributed by atoms with Crippen LogP contribution in [0.5, 0.6) is 0 Å². The molecule has 3 heterocycles. The lowest BCUT2D eigenvalue weighted by Gasteiger charge is -2.38. The number of anilines is 1. The van der Waals surface area contributed by atoms with E-state index in [1.54, 1.807) is 13.2 Å². The number of hydrogen-bond acceptors (Lipinski definition) is 5. The van der Waals surface area contributed by atoms with Gasteiger partial charge in [-0.05, 0) is 38.3 Å². The van der Waals surface area contributed by atoms with Gasteiger partial charge in [0.1, 0.15) is 17.3 Å². The maximum atomic E-state index is 13.2. The molecule has 1 unspecified atom stereocenters. The number of halogens is 2. The standard InChI is InChI=1S/C19H26F2N6/c1-25-10-14(17(24-25)18(20)21)11-27-9-3-4-15(12-27)26(2)16-7-8-22-19(23-16)13-5-6-13/h7-8,10,13,15,18H,3-6,9,11-12H2,1-2H3. The molecule has 2 aromatic rings. The van der Waals surface area contributed by atoms with Gasteiger partial charge in [-0.2, -0.15) is 5.10 Å². The third-order valence-corrected chi connectivity index (χ3v) is 5.53. The Kier molecular flexibility index (Phi) is 5.08. The molecule has 0 N–H and O–H groups in total. The Morgan fingerprint density at radius 2 is 2.11 bits per heavy atom. The number of nitrogens with zero attached hydrogens (tertiary/aromatic N) is 6. The van der Waals surface area contributed by atoms with Crippen LogP contribution in [-0.4, -0.2) is 50.8 Å². The minimum absolute atomic E-state index is 0.0992.